The van der Waals surface area contributed by atoms with Crippen LogP contribution in [0.25, 0.3) is 0 Å². The van der Waals surface area contributed by atoms with Gasteiger partial charge in [-0.25, -0.2) is 13.1 Å². The molecule has 3 N–H and O–H groups in total. The first-order chi connectivity index (χ1) is 10.7. The Bertz CT molecular complexity index is 628. The second-order valence-corrected chi connectivity index (χ2v) is 7.65. The van der Waals surface area contributed by atoms with Crippen molar-refractivity contribution in [3.8, 4) is 0 Å². The van der Waals surface area contributed by atoms with Gasteiger partial charge in [-0.2, -0.15) is 0 Å². The van der Waals surface area contributed by atoms with Gasteiger partial charge in [0.05, 0.1) is 6.26 Å². The van der Waals surface area contributed by atoms with Gasteiger partial charge < -0.3 is 15.2 Å². The van der Waals surface area contributed by atoms with Crippen molar-refractivity contribution >= 4 is 40.0 Å². The first kappa shape index (κ1) is 23.1. The van der Waals surface area contributed by atoms with Crippen LogP contribution in [-0.4, -0.2) is 61.1 Å². The third-order valence-electron chi connectivity index (χ3n) is 3.04. The van der Waals surface area contributed by atoms with Crippen molar-refractivity contribution in [2.75, 3.05) is 26.4 Å². The zero-order valence-electron chi connectivity index (χ0n) is 14.8. The maximum Gasteiger partial charge on any atom is 0.209 e. The molecule has 0 bridgehead atoms. The van der Waals surface area contributed by atoms with Gasteiger partial charge in [-0.05, 0) is 13.8 Å². The predicted octanol–water partition coefficient (Wildman–Crippen LogP) is -0.0487. The third-order valence-corrected chi connectivity index (χ3v) is 3.96. The molecule has 11 heteroatoms. The molecule has 0 aliphatic rings. The van der Waals surface area contributed by atoms with E-state index < -0.39 is 15.6 Å². The van der Waals surface area contributed by atoms with E-state index in [0.717, 1.165) is 25.0 Å². The predicted molar refractivity (Wildman–Crippen MR) is 106 cm³/mol. The normalized spacial score (nSPS) is 12.6. The summed E-state index contributed by atoms with van der Waals surface area (Å²) in [4.78, 5) is 4.13. The van der Waals surface area contributed by atoms with Crippen molar-refractivity contribution in [3.05, 3.63) is 12.2 Å². The SMILES string of the molecule is CCc1nncn1CCNC(=NC)NCC(C)(C)NS(C)(=O)=O.I. The van der Waals surface area contributed by atoms with Crippen LogP contribution in [0.2, 0.25) is 0 Å². The van der Waals surface area contributed by atoms with Crippen LogP contribution in [0.3, 0.4) is 0 Å². The van der Waals surface area contributed by atoms with Crippen LogP contribution in [0, 0.1) is 0 Å². The van der Waals surface area contributed by atoms with Gasteiger partial charge in [-0.1, -0.05) is 6.92 Å². The Morgan fingerprint density at radius 1 is 1.38 bits per heavy atom. The summed E-state index contributed by atoms with van der Waals surface area (Å²) in [6.07, 6.45) is 3.68. The highest BCUT2D eigenvalue weighted by Crippen LogP contribution is 2.01. The highest BCUT2D eigenvalue weighted by atomic mass is 127. The van der Waals surface area contributed by atoms with Gasteiger partial charge in [0.25, 0.3) is 0 Å². The average molecular weight is 473 g/mol. The van der Waals surface area contributed by atoms with Gasteiger partial charge in [0, 0.05) is 38.6 Å². The summed E-state index contributed by atoms with van der Waals surface area (Å²) >= 11 is 0. The number of hydrogen-bond donors (Lipinski definition) is 3. The number of aryl methyl sites for hydroxylation is 1. The number of guanidine groups is 1. The largest absolute Gasteiger partial charge is 0.355 e. The smallest absolute Gasteiger partial charge is 0.209 e. The van der Waals surface area contributed by atoms with Crippen molar-refractivity contribution in [2.45, 2.75) is 39.3 Å². The van der Waals surface area contributed by atoms with Crippen molar-refractivity contribution in [3.63, 3.8) is 0 Å². The molecule has 0 aliphatic heterocycles. The molecule has 0 aliphatic carbocycles. The minimum atomic E-state index is -3.26. The summed E-state index contributed by atoms with van der Waals surface area (Å²) in [7, 11) is -1.59. The molecule has 0 aromatic carbocycles. The maximum absolute atomic E-state index is 11.3. The van der Waals surface area contributed by atoms with Gasteiger partial charge in [-0.15, -0.1) is 34.2 Å². The molecule has 1 aromatic heterocycles. The topological polar surface area (TPSA) is 113 Å². The van der Waals surface area contributed by atoms with Crippen LogP contribution in [0.5, 0.6) is 0 Å². The summed E-state index contributed by atoms with van der Waals surface area (Å²) < 4.78 is 27.2. The zero-order chi connectivity index (χ0) is 17.5. The number of halogens is 1. The van der Waals surface area contributed by atoms with Gasteiger partial charge in [0.15, 0.2) is 5.96 Å². The number of aliphatic imine (C=N–C) groups is 1. The minimum absolute atomic E-state index is 0. The van der Waals surface area contributed by atoms with Crippen LogP contribution in [-0.2, 0) is 23.0 Å². The number of nitrogens with zero attached hydrogens (tertiary/aromatic N) is 4. The molecule has 0 saturated carbocycles. The van der Waals surface area contributed by atoms with Crippen LogP contribution < -0.4 is 15.4 Å². The summed E-state index contributed by atoms with van der Waals surface area (Å²) in [5, 5.41) is 14.2. The number of rotatable bonds is 8. The quantitative estimate of drug-likeness (QED) is 0.277. The second-order valence-electron chi connectivity index (χ2n) is 5.90. The fraction of sp³-hybridized carbons (Fsp3) is 0.769. The Balaban J connectivity index is 0.00000529. The molecule has 0 atom stereocenters. The number of hydrogen-bond acceptors (Lipinski definition) is 5. The monoisotopic (exact) mass is 473 g/mol. The number of nitrogens with one attached hydrogen (secondary N) is 3. The van der Waals surface area contributed by atoms with Crippen molar-refractivity contribution < 1.29 is 8.42 Å². The van der Waals surface area contributed by atoms with Gasteiger partial charge >= 0.3 is 0 Å². The molecule has 140 valence electrons. The van der Waals surface area contributed by atoms with Crippen LogP contribution in [0.4, 0.5) is 0 Å². The summed E-state index contributed by atoms with van der Waals surface area (Å²) in [5.74, 6) is 1.55. The fourth-order valence-electron chi connectivity index (χ4n) is 2.10. The standard InChI is InChI=1S/C13H27N7O2S.HI/c1-6-11-18-17-10-20(11)8-7-15-12(14-4)16-9-13(2,3)19-23(5,21)22;/h10,19H,6-9H2,1-5H3,(H2,14,15,16);1H. The molecule has 0 saturated heterocycles. The van der Waals surface area contributed by atoms with E-state index >= 15 is 0 Å². The minimum Gasteiger partial charge on any atom is -0.355 e. The molecular weight excluding hydrogens is 445 g/mol. The van der Waals surface area contributed by atoms with Gasteiger partial charge in [-0.3, -0.25) is 4.99 Å². The summed E-state index contributed by atoms with van der Waals surface area (Å²) in [6.45, 7) is 7.43. The molecule has 0 spiro atoms. The van der Waals surface area contributed by atoms with E-state index in [1.54, 1.807) is 27.2 Å². The Labute approximate surface area is 161 Å². The third kappa shape index (κ3) is 8.78. The lowest BCUT2D eigenvalue weighted by Crippen LogP contribution is -2.53. The van der Waals surface area contributed by atoms with Crippen molar-refractivity contribution in [1.29, 1.82) is 0 Å². The first-order valence-electron chi connectivity index (χ1n) is 7.47. The van der Waals surface area contributed by atoms with E-state index in [0.29, 0.717) is 19.0 Å². The Hall–Kier alpha value is -0.950. The Kier molecular flexibility index (Phi) is 9.73. The Morgan fingerprint density at radius 3 is 2.58 bits per heavy atom. The number of sulfonamides is 1. The van der Waals surface area contributed by atoms with Crippen LogP contribution in [0.1, 0.15) is 26.6 Å². The maximum atomic E-state index is 11.3. The second kappa shape index (κ2) is 10.1. The van der Waals surface area contributed by atoms with Crippen molar-refractivity contribution in [2.24, 2.45) is 4.99 Å². The summed E-state index contributed by atoms with van der Waals surface area (Å²) in [6, 6.07) is 0. The van der Waals surface area contributed by atoms with Gasteiger partial charge in [0.1, 0.15) is 12.2 Å². The molecule has 0 unspecified atom stereocenters. The molecule has 0 amide bonds. The lowest BCUT2D eigenvalue weighted by molar-refractivity contribution is 0.446. The lowest BCUT2D eigenvalue weighted by Gasteiger charge is -2.26. The molecule has 9 nitrogen and oxygen atoms in total. The first-order valence-corrected chi connectivity index (χ1v) is 9.36. The molecule has 1 heterocycles. The lowest BCUT2D eigenvalue weighted by atomic mass is 10.1. The average Bonchev–Trinajstić information content (AvgIpc) is 2.87. The van der Waals surface area contributed by atoms with E-state index in [1.165, 1.54) is 0 Å². The fourth-order valence-corrected chi connectivity index (χ4v) is 3.17. The van der Waals surface area contributed by atoms with Crippen LogP contribution >= 0.6 is 24.0 Å². The molecular formula is C13H28IN7O2S. The zero-order valence-corrected chi connectivity index (χ0v) is 18.0. The van der Waals surface area contributed by atoms with Crippen molar-refractivity contribution in [1.82, 2.24) is 30.1 Å². The van der Waals surface area contributed by atoms with E-state index in [2.05, 4.69) is 30.5 Å². The number of aromatic nitrogens is 3. The highest BCUT2D eigenvalue weighted by molar-refractivity contribution is 14.0. The molecule has 24 heavy (non-hydrogen) atoms. The van der Waals surface area contributed by atoms with E-state index in [-0.39, 0.29) is 24.0 Å². The van der Waals surface area contributed by atoms with Gasteiger partial charge in [0.2, 0.25) is 10.0 Å². The summed E-state index contributed by atoms with van der Waals surface area (Å²) in [5.41, 5.74) is -0.616. The van der Waals surface area contributed by atoms with Crippen LogP contribution in [0.15, 0.2) is 11.3 Å². The molecule has 0 radical (unpaired) electrons. The Morgan fingerprint density at radius 2 is 2.04 bits per heavy atom. The van der Waals surface area contributed by atoms with E-state index in [4.69, 9.17) is 0 Å². The molecule has 1 rings (SSSR count). The van der Waals surface area contributed by atoms with E-state index in [1.807, 2.05) is 11.5 Å². The highest BCUT2D eigenvalue weighted by Gasteiger charge is 2.22. The molecule has 0 fully saturated rings. The van der Waals surface area contributed by atoms with E-state index in [9.17, 15) is 8.42 Å². The molecule has 1 aromatic rings.